The van der Waals surface area contributed by atoms with Crippen LogP contribution in [0.5, 0.6) is 0 Å². The van der Waals surface area contributed by atoms with Gasteiger partial charge in [-0.2, -0.15) is 0 Å². The fourth-order valence-electron chi connectivity index (χ4n) is 2.30. The third-order valence-electron chi connectivity index (χ3n) is 3.41. The first-order valence-corrected chi connectivity index (χ1v) is 7.69. The molecule has 0 unspecified atom stereocenters. The van der Waals surface area contributed by atoms with Crippen molar-refractivity contribution in [1.82, 2.24) is 5.32 Å². The number of rotatable bonds is 6. The summed E-state index contributed by atoms with van der Waals surface area (Å²) in [4.78, 5) is 0. The van der Waals surface area contributed by atoms with Gasteiger partial charge in [0.2, 0.25) is 0 Å². The fraction of sp³-hybridized carbons (Fsp3) is 0.238. The van der Waals surface area contributed by atoms with Crippen molar-refractivity contribution in [3.8, 4) is 11.8 Å². The molecule has 0 heterocycles. The van der Waals surface area contributed by atoms with Crippen molar-refractivity contribution in [2.75, 3.05) is 0 Å². The molecule has 0 spiro atoms. The van der Waals surface area contributed by atoms with E-state index in [4.69, 9.17) is 0 Å². The first kappa shape index (κ1) is 16.1. The number of allylic oxidation sites excluding steroid dienone is 1. The average molecular weight is 289 g/mol. The smallest absolute Gasteiger partial charge is 0.0250 e. The highest BCUT2D eigenvalue weighted by molar-refractivity contribution is 5.24. The second kappa shape index (κ2) is 8.87. The molecule has 1 nitrogen and oxygen atoms in total. The zero-order chi connectivity index (χ0) is 15.6. The van der Waals surface area contributed by atoms with Crippen LogP contribution in [-0.2, 0) is 13.0 Å². The summed E-state index contributed by atoms with van der Waals surface area (Å²) >= 11 is 0. The minimum atomic E-state index is 0.342. The molecule has 0 saturated carbocycles. The first-order chi connectivity index (χ1) is 10.7. The second-order valence-electron chi connectivity index (χ2n) is 5.54. The summed E-state index contributed by atoms with van der Waals surface area (Å²) in [7, 11) is 0. The lowest BCUT2D eigenvalue weighted by Gasteiger charge is -2.16. The number of nitrogens with one attached hydrogen (secondary N) is 1. The highest BCUT2D eigenvalue weighted by Gasteiger charge is 2.08. The summed E-state index contributed by atoms with van der Waals surface area (Å²) in [6.45, 7) is 6.64. The van der Waals surface area contributed by atoms with Crippen molar-refractivity contribution in [1.29, 1.82) is 0 Å². The van der Waals surface area contributed by atoms with Gasteiger partial charge < -0.3 is 5.32 Å². The Morgan fingerprint density at radius 3 is 2.18 bits per heavy atom. The molecule has 0 fully saturated rings. The van der Waals surface area contributed by atoms with Gasteiger partial charge in [-0.1, -0.05) is 79.1 Å². The quantitative estimate of drug-likeness (QED) is 0.779. The lowest BCUT2D eigenvalue weighted by atomic mass is 10.0. The van der Waals surface area contributed by atoms with Gasteiger partial charge in [0, 0.05) is 19.0 Å². The van der Waals surface area contributed by atoms with Crippen molar-refractivity contribution in [3.05, 3.63) is 83.9 Å². The standard InChI is InChI=1S/C21H23N/c1-18(2)10-9-15-21(16-19-11-5-3-6-12-19)22-17-20-13-7-4-8-14-20/h3-8,11-14,21-22H,1,15-17H2,2H3/t21-/m0/s1. The predicted octanol–water partition coefficient (Wildman–Crippen LogP) is 4.36. The van der Waals surface area contributed by atoms with Crippen molar-refractivity contribution in [2.24, 2.45) is 0 Å². The van der Waals surface area contributed by atoms with Crippen LogP contribution in [0.1, 0.15) is 24.5 Å². The van der Waals surface area contributed by atoms with Crippen LogP contribution in [0.4, 0.5) is 0 Å². The average Bonchev–Trinajstić information content (AvgIpc) is 2.54. The molecule has 0 saturated heterocycles. The molecular formula is C21H23N. The molecule has 2 aromatic carbocycles. The molecule has 0 aromatic heterocycles. The van der Waals surface area contributed by atoms with E-state index in [0.29, 0.717) is 6.04 Å². The van der Waals surface area contributed by atoms with Crippen LogP contribution in [0.3, 0.4) is 0 Å². The minimum Gasteiger partial charge on any atom is -0.309 e. The Morgan fingerprint density at radius 2 is 1.59 bits per heavy atom. The molecular weight excluding hydrogens is 266 g/mol. The van der Waals surface area contributed by atoms with Crippen molar-refractivity contribution < 1.29 is 0 Å². The third kappa shape index (κ3) is 5.99. The molecule has 0 aliphatic rings. The first-order valence-electron chi connectivity index (χ1n) is 7.69. The van der Waals surface area contributed by atoms with E-state index in [9.17, 15) is 0 Å². The number of hydrogen-bond donors (Lipinski definition) is 1. The van der Waals surface area contributed by atoms with E-state index in [1.807, 2.05) is 13.0 Å². The Morgan fingerprint density at radius 1 is 1.00 bits per heavy atom. The Hall–Kier alpha value is -2.30. The van der Waals surface area contributed by atoms with Gasteiger partial charge in [-0.15, -0.1) is 0 Å². The van der Waals surface area contributed by atoms with Gasteiger partial charge in [0.1, 0.15) is 0 Å². The minimum absolute atomic E-state index is 0.342. The van der Waals surface area contributed by atoms with E-state index in [0.717, 1.165) is 25.0 Å². The van der Waals surface area contributed by atoms with Crippen LogP contribution >= 0.6 is 0 Å². The molecule has 0 amide bonds. The Kier molecular flexibility index (Phi) is 6.48. The molecule has 1 heteroatoms. The molecule has 2 rings (SSSR count). The maximum Gasteiger partial charge on any atom is 0.0250 e. The maximum absolute atomic E-state index is 3.84. The van der Waals surface area contributed by atoms with Gasteiger partial charge in [0.15, 0.2) is 0 Å². The van der Waals surface area contributed by atoms with Gasteiger partial charge >= 0.3 is 0 Å². The number of hydrogen-bond acceptors (Lipinski definition) is 1. The largest absolute Gasteiger partial charge is 0.309 e. The van der Waals surface area contributed by atoms with E-state index in [2.05, 4.69) is 78.3 Å². The van der Waals surface area contributed by atoms with Crippen molar-refractivity contribution >= 4 is 0 Å². The summed E-state index contributed by atoms with van der Waals surface area (Å²) in [5.41, 5.74) is 3.56. The molecule has 1 atom stereocenters. The summed E-state index contributed by atoms with van der Waals surface area (Å²) in [5.74, 6) is 6.30. The van der Waals surface area contributed by atoms with E-state index in [1.54, 1.807) is 0 Å². The van der Waals surface area contributed by atoms with Crippen LogP contribution in [0.2, 0.25) is 0 Å². The summed E-state index contributed by atoms with van der Waals surface area (Å²) < 4.78 is 0. The molecule has 0 aliphatic heterocycles. The van der Waals surface area contributed by atoms with Crippen LogP contribution in [0.15, 0.2) is 72.8 Å². The zero-order valence-corrected chi connectivity index (χ0v) is 13.2. The van der Waals surface area contributed by atoms with Crippen LogP contribution in [0, 0.1) is 11.8 Å². The van der Waals surface area contributed by atoms with Crippen molar-refractivity contribution in [3.63, 3.8) is 0 Å². The van der Waals surface area contributed by atoms with Gasteiger partial charge in [-0.05, 0) is 30.0 Å². The van der Waals surface area contributed by atoms with Gasteiger partial charge in [0.25, 0.3) is 0 Å². The molecule has 0 radical (unpaired) electrons. The molecule has 2 aromatic rings. The maximum atomic E-state index is 3.84. The normalized spacial score (nSPS) is 11.3. The monoisotopic (exact) mass is 289 g/mol. The number of benzene rings is 2. The Balaban J connectivity index is 1.98. The van der Waals surface area contributed by atoms with E-state index in [1.165, 1.54) is 11.1 Å². The molecule has 1 N–H and O–H groups in total. The highest BCUT2D eigenvalue weighted by atomic mass is 14.9. The molecule has 0 aliphatic carbocycles. The van der Waals surface area contributed by atoms with E-state index < -0.39 is 0 Å². The predicted molar refractivity (Wildman–Crippen MR) is 94.4 cm³/mol. The third-order valence-corrected chi connectivity index (χ3v) is 3.41. The topological polar surface area (TPSA) is 12.0 Å². The Bertz CT molecular complexity index is 632. The molecule has 22 heavy (non-hydrogen) atoms. The lowest BCUT2D eigenvalue weighted by molar-refractivity contribution is 0.517. The van der Waals surface area contributed by atoms with Crippen LogP contribution < -0.4 is 5.32 Å². The SMILES string of the molecule is C=C(C)C#CC[C@@H](Cc1ccccc1)NCc1ccccc1. The second-order valence-corrected chi connectivity index (χ2v) is 5.54. The van der Waals surface area contributed by atoms with E-state index >= 15 is 0 Å². The van der Waals surface area contributed by atoms with Gasteiger partial charge in [0.05, 0.1) is 0 Å². The van der Waals surface area contributed by atoms with Crippen LogP contribution in [0.25, 0.3) is 0 Å². The fourth-order valence-corrected chi connectivity index (χ4v) is 2.30. The van der Waals surface area contributed by atoms with Gasteiger partial charge in [-0.25, -0.2) is 0 Å². The van der Waals surface area contributed by atoms with Gasteiger partial charge in [-0.3, -0.25) is 0 Å². The van der Waals surface area contributed by atoms with E-state index in [-0.39, 0.29) is 0 Å². The Labute approximate surface area is 134 Å². The molecule has 0 bridgehead atoms. The zero-order valence-electron chi connectivity index (χ0n) is 13.2. The lowest BCUT2D eigenvalue weighted by Crippen LogP contribution is -2.30. The summed E-state index contributed by atoms with van der Waals surface area (Å²) in [5, 5.41) is 3.63. The summed E-state index contributed by atoms with van der Waals surface area (Å²) in [6.07, 6.45) is 1.81. The van der Waals surface area contributed by atoms with Crippen molar-refractivity contribution in [2.45, 2.75) is 32.4 Å². The molecule has 112 valence electrons. The highest BCUT2D eigenvalue weighted by Crippen LogP contribution is 2.07. The van der Waals surface area contributed by atoms with Crippen LogP contribution in [-0.4, -0.2) is 6.04 Å². The summed E-state index contributed by atoms with van der Waals surface area (Å²) in [6, 6.07) is 21.4.